The molecule has 0 spiro atoms. The summed E-state index contributed by atoms with van der Waals surface area (Å²) in [4.78, 5) is 11.6. The highest BCUT2D eigenvalue weighted by molar-refractivity contribution is 7.87. The van der Waals surface area contributed by atoms with Gasteiger partial charge in [-0.3, -0.25) is 0 Å². The molecule has 0 amide bonds. The third-order valence-electron chi connectivity index (χ3n) is 4.27. The van der Waals surface area contributed by atoms with E-state index in [-0.39, 0.29) is 11.3 Å². The van der Waals surface area contributed by atoms with Gasteiger partial charge in [0.2, 0.25) is 0 Å². The van der Waals surface area contributed by atoms with Crippen molar-refractivity contribution in [3.8, 4) is 11.1 Å². The van der Waals surface area contributed by atoms with Crippen LogP contribution in [0.1, 0.15) is 27.9 Å². The first-order chi connectivity index (χ1) is 13.1. The van der Waals surface area contributed by atoms with Crippen LogP contribution < -0.4 is 0 Å². The Kier molecular flexibility index (Phi) is 5.20. The molecule has 0 atom stereocenters. The van der Waals surface area contributed by atoms with Crippen molar-refractivity contribution < 1.29 is 35.3 Å². The predicted octanol–water partition coefficient (Wildman–Crippen LogP) is 4.29. The average molecular weight is 412 g/mol. The second-order valence-electron chi connectivity index (χ2n) is 5.99. The Morgan fingerprint density at radius 2 is 1.68 bits per heavy atom. The van der Waals surface area contributed by atoms with Gasteiger partial charge in [-0.05, 0) is 47.7 Å². The zero-order valence-corrected chi connectivity index (χ0v) is 15.4. The van der Waals surface area contributed by atoms with E-state index < -0.39 is 21.6 Å². The summed E-state index contributed by atoms with van der Waals surface area (Å²) < 4.78 is 69.8. The summed E-state index contributed by atoms with van der Waals surface area (Å²) in [6.45, 7) is 0. The number of fused-ring (bicyclic) bond motifs is 1. The first-order valence-electron chi connectivity index (χ1n) is 8.16. The number of esters is 1. The quantitative estimate of drug-likeness (QED) is 0.426. The third kappa shape index (κ3) is 3.75. The van der Waals surface area contributed by atoms with Crippen LogP contribution in [-0.4, -0.2) is 27.0 Å². The number of rotatable bonds is 4. The van der Waals surface area contributed by atoms with Gasteiger partial charge in [0.1, 0.15) is 5.76 Å². The van der Waals surface area contributed by atoms with Crippen molar-refractivity contribution in [1.82, 2.24) is 0 Å². The Balaban J connectivity index is 1.99. The summed E-state index contributed by atoms with van der Waals surface area (Å²) in [7, 11) is -4.48. The molecule has 28 heavy (non-hydrogen) atoms. The van der Waals surface area contributed by atoms with Crippen LogP contribution in [0.3, 0.4) is 0 Å². The number of benzene rings is 2. The number of carbonyl (C=O) groups is 1. The minimum Gasteiger partial charge on any atom is -0.465 e. The molecule has 0 fully saturated rings. The van der Waals surface area contributed by atoms with E-state index in [4.69, 9.17) is 0 Å². The van der Waals surface area contributed by atoms with E-state index >= 15 is 0 Å². The fraction of sp³-hybridized carbons (Fsp3) is 0.211. The summed E-state index contributed by atoms with van der Waals surface area (Å²) in [5, 5.41) is 0. The van der Waals surface area contributed by atoms with Crippen molar-refractivity contribution >= 4 is 21.8 Å². The minimum absolute atomic E-state index is 0.286. The smallest absolute Gasteiger partial charge is 0.465 e. The Morgan fingerprint density at radius 3 is 2.29 bits per heavy atom. The number of halogens is 3. The standard InChI is InChI=1S/C19H15F3O5S/c1-26-18(23)13-10-8-12(9-11-13)14-4-2-6-16-15(14)5-3-7-17(16)27-28(24,25)19(20,21)22/h2,4,6-11H,3,5H2,1H3. The summed E-state index contributed by atoms with van der Waals surface area (Å²) >= 11 is 0. The van der Waals surface area contributed by atoms with Crippen LogP contribution in [0.2, 0.25) is 0 Å². The Bertz CT molecular complexity index is 1040. The molecule has 5 nitrogen and oxygen atoms in total. The molecule has 0 saturated heterocycles. The Hall–Kier alpha value is -2.81. The van der Waals surface area contributed by atoms with E-state index in [1.807, 2.05) is 0 Å². The number of ether oxygens (including phenoxy) is 1. The maximum absolute atomic E-state index is 12.7. The number of hydrogen-bond donors (Lipinski definition) is 0. The molecule has 0 N–H and O–H groups in total. The summed E-state index contributed by atoms with van der Waals surface area (Å²) in [6.07, 6.45) is 2.16. The van der Waals surface area contributed by atoms with Crippen molar-refractivity contribution in [1.29, 1.82) is 0 Å². The summed E-state index contributed by atoms with van der Waals surface area (Å²) in [5.74, 6) is -0.829. The monoisotopic (exact) mass is 412 g/mol. The SMILES string of the molecule is COC(=O)c1ccc(-c2cccc3c2CCC=C3OS(=O)(=O)C(F)(F)F)cc1. The van der Waals surface area contributed by atoms with E-state index in [0.29, 0.717) is 29.5 Å². The highest BCUT2D eigenvalue weighted by Gasteiger charge is 2.49. The lowest BCUT2D eigenvalue weighted by Crippen LogP contribution is -2.25. The molecule has 0 heterocycles. The van der Waals surface area contributed by atoms with Gasteiger partial charge in [-0.15, -0.1) is 0 Å². The molecule has 1 aliphatic carbocycles. The number of methoxy groups -OCH3 is 1. The van der Waals surface area contributed by atoms with Crippen LogP contribution >= 0.6 is 0 Å². The fourth-order valence-corrected chi connectivity index (χ4v) is 3.45. The van der Waals surface area contributed by atoms with Gasteiger partial charge in [0.05, 0.1) is 12.7 Å². The van der Waals surface area contributed by atoms with Crippen molar-refractivity contribution in [3.05, 3.63) is 65.2 Å². The lowest BCUT2D eigenvalue weighted by Gasteiger charge is -2.21. The largest absolute Gasteiger partial charge is 0.534 e. The van der Waals surface area contributed by atoms with Crippen molar-refractivity contribution in [2.24, 2.45) is 0 Å². The lowest BCUT2D eigenvalue weighted by molar-refractivity contribution is -0.0509. The number of allylic oxidation sites excluding steroid dienone is 1. The van der Waals surface area contributed by atoms with E-state index in [9.17, 15) is 26.4 Å². The van der Waals surface area contributed by atoms with Crippen molar-refractivity contribution in [2.45, 2.75) is 18.3 Å². The molecule has 1 aliphatic rings. The Morgan fingerprint density at radius 1 is 1.04 bits per heavy atom. The molecule has 0 aromatic heterocycles. The van der Waals surface area contributed by atoms with Crippen LogP contribution in [0.15, 0.2) is 48.5 Å². The van der Waals surface area contributed by atoms with Crippen LogP contribution in [0.4, 0.5) is 13.2 Å². The predicted molar refractivity (Wildman–Crippen MR) is 95.6 cm³/mol. The van der Waals surface area contributed by atoms with Crippen molar-refractivity contribution in [3.63, 3.8) is 0 Å². The summed E-state index contributed by atoms with van der Waals surface area (Å²) in [5.41, 5.74) is -2.75. The first kappa shape index (κ1) is 19.9. The molecule has 3 rings (SSSR count). The topological polar surface area (TPSA) is 69.7 Å². The van der Waals surface area contributed by atoms with Crippen LogP contribution in [-0.2, 0) is 25.5 Å². The highest BCUT2D eigenvalue weighted by Crippen LogP contribution is 2.37. The van der Waals surface area contributed by atoms with Crippen LogP contribution in [0.25, 0.3) is 16.9 Å². The molecule has 0 bridgehead atoms. The van der Waals surface area contributed by atoms with Gasteiger partial charge in [-0.1, -0.05) is 30.3 Å². The molecule has 2 aromatic rings. The molecular formula is C19H15F3O5S. The molecule has 0 unspecified atom stereocenters. The van der Waals surface area contributed by atoms with Crippen molar-refractivity contribution in [2.75, 3.05) is 7.11 Å². The molecule has 0 aliphatic heterocycles. The molecular weight excluding hydrogens is 397 g/mol. The highest BCUT2D eigenvalue weighted by atomic mass is 32.2. The van der Waals surface area contributed by atoms with Gasteiger partial charge >= 0.3 is 21.6 Å². The fourth-order valence-electron chi connectivity index (χ4n) is 2.96. The molecule has 0 radical (unpaired) electrons. The lowest BCUT2D eigenvalue weighted by atomic mass is 9.88. The zero-order chi connectivity index (χ0) is 20.5. The van der Waals surface area contributed by atoms with Gasteiger partial charge < -0.3 is 8.92 Å². The molecule has 2 aromatic carbocycles. The van der Waals surface area contributed by atoms with Gasteiger partial charge in [-0.25, -0.2) is 4.79 Å². The second kappa shape index (κ2) is 7.31. The average Bonchev–Trinajstić information content (AvgIpc) is 2.66. The molecule has 148 valence electrons. The maximum Gasteiger partial charge on any atom is 0.534 e. The van der Waals surface area contributed by atoms with Crippen LogP contribution in [0, 0.1) is 0 Å². The van der Waals surface area contributed by atoms with Gasteiger partial charge in [0, 0.05) is 5.56 Å². The molecule has 9 heteroatoms. The van der Waals surface area contributed by atoms with Crippen LogP contribution in [0.5, 0.6) is 0 Å². The Labute approximate surface area is 159 Å². The number of carbonyl (C=O) groups excluding carboxylic acids is 1. The normalized spacial score (nSPS) is 14.1. The summed E-state index contributed by atoms with van der Waals surface area (Å²) in [6, 6.07) is 11.4. The van der Waals surface area contributed by atoms with Gasteiger partial charge in [0.15, 0.2) is 0 Å². The first-order valence-corrected chi connectivity index (χ1v) is 9.57. The van der Waals surface area contributed by atoms with E-state index in [0.717, 1.165) is 5.56 Å². The van der Waals surface area contributed by atoms with Gasteiger partial charge in [-0.2, -0.15) is 21.6 Å². The van der Waals surface area contributed by atoms with Gasteiger partial charge in [0.25, 0.3) is 0 Å². The number of alkyl halides is 3. The zero-order valence-electron chi connectivity index (χ0n) is 14.6. The van der Waals surface area contributed by atoms with E-state index in [2.05, 4.69) is 8.92 Å². The van der Waals surface area contributed by atoms with E-state index in [1.54, 1.807) is 36.4 Å². The van der Waals surface area contributed by atoms with E-state index in [1.165, 1.54) is 19.3 Å². The minimum atomic E-state index is -5.76. The third-order valence-corrected chi connectivity index (χ3v) is 5.23. The number of hydrogen-bond acceptors (Lipinski definition) is 5. The maximum atomic E-state index is 12.7. The second-order valence-corrected chi connectivity index (χ2v) is 7.53. The molecule has 0 saturated carbocycles.